The van der Waals surface area contributed by atoms with Gasteiger partial charge in [0.05, 0.1) is 24.3 Å². The van der Waals surface area contributed by atoms with Gasteiger partial charge >= 0.3 is 0 Å². The first-order valence-electron chi connectivity index (χ1n) is 13.7. The number of amides is 2. The van der Waals surface area contributed by atoms with E-state index >= 15 is 0 Å². The second-order valence-corrected chi connectivity index (χ2v) is 11.3. The van der Waals surface area contributed by atoms with Crippen molar-refractivity contribution in [1.82, 2.24) is 14.9 Å². The predicted octanol–water partition coefficient (Wildman–Crippen LogP) is 4.82. The number of hydrogen-bond acceptors (Lipinski definition) is 4. The minimum Gasteiger partial charge on any atom is -0.378 e. The van der Waals surface area contributed by atoms with Crippen LogP contribution in [0.4, 0.5) is 0 Å². The topological polar surface area (TPSA) is 83.8 Å². The molecule has 0 radical (unpaired) electrons. The normalized spacial score (nSPS) is 25.1. The fourth-order valence-corrected chi connectivity index (χ4v) is 7.41. The van der Waals surface area contributed by atoms with E-state index in [-0.39, 0.29) is 11.8 Å². The van der Waals surface area contributed by atoms with E-state index in [2.05, 4.69) is 34.9 Å². The monoisotopic (exact) mass is 499 g/mol. The van der Waals surface area contributed by atoms with E-state index in [9.17, 15) is 14.8 Å². The molecule has 7 heteroatoms. The van der Waals surface area contributed by atoms with Crippen molar-refractivity contribution >= 4 is 22.7 Å². The van der Waals surface area contributed by atoms with Gasteiger partial charge in [-0.05, 0) is 48.4 Å². The van der Waals surface area contributed by atoms with Gasteiger partial charge in [-0.15, -0.1) is 0 Å². The van der Waals surface area contributed by atoms with Crippen LogP contribution in [0.15, 0.2) is 42.5 Å². The zero-order valence-electron chi connectivity index (χ0n) is 21.0. The van der Waals surface area contributed by atoms with Gasteiger partial charge in [-0.2, -0.15) is 0 Å². The zero-order valence-corrected chi connectivity index (χ0v) is 21.0. The van der Waals surface area contributed by atoms with Crippen LogP contribution in [0.3, 0.4) is 0 Å². The number of nitrogens with zero attached hydrogens (tertiary/aromatic N) is 2. The summed E-state index contributed by atoms with van der Waals surface area (Å²) >= 11 is 0. The minimum absolute atomic E-state index is 0.192. The average Bonchev–Trinajstić information content (AvgIpc) is 3.63. The number of nitrogens with one attached hydrogen (secondary N) is 1. The number of carbonyl (C=O) groups is 2. The molecule has 37 heavy (non-hydrogen) atoms. The lowest BCUT2D eigenvalue weighted by molar-refractivity contribution is -0.141. The van der Waals surface area contributed by atoms with Gasteiger partial charge in [0.15, 0.2) is 0 Å². The summed E-state index contributed by atoms with van der Waals surface area (Å²) in [5.41, 5.74) is 7.80. The second kappa shape index (κ2) is 8.71. The molecule has 2 aromatic carbocycles. The molecule has 2 saturated carbocycles. The molecule has 2 atom stereocenters. The predicted molar refractivity (Wildman–Crippen MR) is 140 cm³/mol. The number of morpholine rings is 1. The van der Waals surface area contributed by atoms with E-state index < -0.39 is 11.3 Å². The van der Waals surface area contributed by atoms with Crippen molar-refractivity contribution in [3.05, 3.63) is 59.2 Å². The van der Waals surface area contributed by atoms with Crippen molar-refractivity contribution in [3.63, 3.8) is 0 Å². The van der Waals surface area contributed by atoms with Gasteiger partial charge in [0.25, 0.3) is 5.91 Å². The lowest BCUT2D eigenvalue weighted by atomic mass is 9.81. The van der Waals surface area contributed by atoms with Gasteiger partial charge in [0, 0.05) is 47.6 Å². The van der Waals surface area contributed by atoms with Gasteiger partial charge in [-0.3, -0.25) is 14.8 Å². The maximum absolute atomic E-state index is 14.1. The van der Waals surface area contributed by atoms with Crippen molar-refractivity contribution in [2.45, 2.75) is 56.9 Å². The van der Waals surface area contributed by atoms with Crippen LogP contribution in [-0.4, -0.2) is 52.8 Å². The van der Waals surface area contributed by atoms with Gasteiger partial charge < -0.3 is 14.2 Å². The summed E-state index contributed by atoms with van der Waals surface area (Å²) in [6, 6.07) is 14.4. The molecule has 3 heterocycles. The molecule has 7 rings (SSSR count). The van der Waals surface area contributed by atoms with Crippen molar-refractivity contribution in [2.24, 2.45) is 5.41 Å². The molecule has 3 aromatic rings. The summed E-state index contributed by atoms with van der Waals surface area (Å²) in [7, 11) is 0. The molecule has 192 valence electrons. The Morgan fingerprint density at radius 1 is 1.03 bits per heavy atom. The Labute approximate surface area is 216 Å². The number of fused-ring (bicyclic) bond motifs is 7. The highest BCUT2D eigenvalue weighted by Crippen LogP contribution is 2.65. The van der Waals surface area contributed by atoms with Crippen LogP contribution < -0.4 is 5.48 Å². The largest absolute Gasteiger partial charge is 0.378 e. The molecular weight excluding hydrogens is 466 g/mol. The molecule has 2 unspecified atom stereocenters. The molecule has 1 saturated heterocycles. The average molecular weight is 500 g/mol. The molecular formula is C30H33N3O4. The first-order valence-corrected chi connectivity index (χ1v) is 13.7. The van der Waals surface area contributed by atoms with Crippen molar-refractivity contribution in [2.75, 3.05) is 26.3 Å². The van der Waals surface area contributed by atoms with Crippen molar-refractivity contribution < 1.29 is 19.5 Å². The van der Waals surface area contributed by atoms with Crippen LogP contribution in [-0.2, 0) is 16.1 Å². The van der Waals surface area contributed by atoms with Gasteiger partial charge in [0.2, 0.25) is 5.91 Å². The Morgan fingerprint density at radius 2 is 1.81 bits per heavy atom. The Balaban J connectivity index is 1.47. The first kappa shape index (κ1) is 23.0. The zero-order chi connectivity index (χ0) is 25.1. The van der Waals surface area contributed by atoms with E-state index in [1.54, 1.807) is 11.5 Å². The van der Waals surface area contributed by atoms with Crippen LogP contribution in [0.2, 0.25) is 0 Å². The number of hydrogen-bond donors (Lipinski definition) is 2. The van der Waals surface area contributed by atoms with Gasteiger partial charge in [-0.1, -0.05) is 49.6 Å². The number of benzene rings is 2. The molecule has 3 fully saturated rings. The van der Waals surface area contributed by atoms with E-state index in [0.717, 1.165) is 24.8 Å². The summed E-state index contributed by atoms with van der Waals surface area (Å²) in [5.74, 6) is 0.360. The van der Waals surface area contributed by atoms with E-state index in [0.29, 0.717) is 44.3 Å². The summed E-state index contributed by atoms with van der Waals surface area (Å²) in [4.78, 5) is 28.5. The fourth-order valence-electron chi connectivity index (χ4n) is 7.41. The summed E-state index contributed by atoms with van der Waals surface area (Å²) < 4.78 is 7.88. The SMILES string of the molecule is O=C(NO)c1ccc2c(C3CCCCC3)c3n(c2c1)CC1(C(=O)N2CCOCC2)CC1c1ccccc1-3. The maximum Gasteiger partial charge on any atom is 0.274 e. The first-order chi connectivity index (χ1) is 18.1. The molecule has 0 bridgehead atoms. The molecule has 2 amide bonds. The third kappa shape index (κ3) is 3.47. The molecule has 1 aromatic heterocycles. The highest BCUT2D eigenvalue weighted by molar-refractivity contribution is 6.01. The number of ether oxygens (including phenoxy) is 1. The third-order valence-electron chi connectivity index (χ3n) is 9.31. The van der Waals surface area contributed by atoms with Gasteiger partial charge in [0.1, 0.15) is 0 Å². The van der Waals surface area contributed by atoms with Crippen molar-refractivity contribution in [3.8, 4) is 11.3 Å². The molecule has 0 spiro atoms. The third-order valence-corrected chi connectivity index (χ3v) is 9.31. The lowest BCUT2D eigenvalue weighted by Crippen LogP contribution is -2.45. The molecule has 7 nitrogen and oxygen atoms in total. The van der Waals surface area contributed by atoms with E-state index in [1.807, 2.05) is 11.0 Å². The number of aromatic nitrogens is 1. The Morgan fingerprint density at radius 3 is 2.59 bits per heavy atom. The van der Waals surface area contributed by atoms with Crippen LogP contribution >= 0.6 is 0 Å². The summed E-state index contributed by atoms with van der Waals surface area (Å²) in [6.07, 6.45) is 6.90. The minimum atomic E-state index is -0.519. The van der Waals surface area contributed by atoms with Crippen LogP contribution in [0.25, 0.3) is 22.2 Å². The van der Waals surface area contributed by atoms with Crippen LogP contribution in [0, 0.1) is 5.41 Å². The fraction of sp³-hybridized carbons (Fsp3) is 0.467. The van der Waals surface area contributed by atoms with Crippen molar-refractivity contribution in [1.29, 1.82) is 0 Å². The highest BCUT2D eigenvalue weighted by Gasteiger charge is 2.63. The van der Waals surface area contributed by atoms with Gasteiger partial charge in [-0.25, -0.2) is 5.48 Å². The Hall–Kier alpha value is -3.16. The standard InChI is InChI=1S/C30H33N3O4/c34-28(31-36)20-10-11-23-25(16-20)33-18-30(29(35)32-12-14-37-15-13-32)17-24(30)21-8-4-5-9-22(21)27(33)26(23)19-6-2-1-3-7-19/h4-5,8-11,16,19,24,36H,1-3,6-7,12-15,17-18H2,(H,31,34). The van der Waals surface area contributed by atoms with Crippen LogP contribution in [0.1, 0.15) is 71.8 Å². The van der Waals surface area contributed by atoms with Crippen LogP contribution in [0.5, 0.6) is 0 Å². The molecule has 4 aliphatic rings. The van der Waals surface area contributed by atoms with E-state index in [4.69, 9.17) is 4.74 Å². The van der Waals surface area contributed by atoms with E-state index in [1.165, 1.54) is 47.0 Å². The number of hydroxylamine groups is 1. The summed E-state index contributed by atoms with van der Waals surface area (Å²) in [6.45, 7) is 3.06. The summed E-state index contributed by atoms with van der Waals surface area (Å²) in [5, 5.41) is 10.5. The molecule has 2 aliphatic heterocycles. The highest BCUT2D eigenvalue weighted by atomic mass is 16.5. The Bertz CT molecular complexity index is 1400. The quantitative estimate of drug-likeness (QED) is 0.400. The second-order valence-electron chi connectivity index (χ2n) is 11.3. The molecule has 2 aliphatic carbocycles. The smallest absolute Gasteiger partial charge is 0.274 e. The number of carbonyl (C=O) groups excluding carboxylic acids is 2. The lowest BCUT2D eigenvalue weighted by Gasteiger charge is -2.31. The molecule has 2 N–H and O–H groups in total. The Kier molecular flexibility index (Phi) is 5.41. The maximum atomic E-state index is 14.1. The number of rotatable bonds is 3.